The van der Waals surface area contributed by atoms with Gasteiger partial charge in [-0.25, -0.2) is 9.37 Å². The molecule has 8 nitrogen and oxygen atoms in total. The molecule has 0 aliphatic carbocycles. The second kappa shape index (κ2) is 7.72. The number of rotatable bonds is 0. The first-order valence-electron chi connectivity index (χ1n) is 9.69. The number of benzene rings is 1. The summed E-state index contributed by atoms with van der Waals surface area (Å²) in [5.41, 5.74) is 9.21. The van der Waals surface area contributed by atoms with Crippen molar-refractivity contribution in [2.75, 3.05) is 12.8 Å². The fraction of sp³-hybridized carbons (Fsp3) is 0.273. The molecule has 0 radical (unpaired) electrons. The minimum Gasteiger partial charge on any atom is -0.482 e. The van der Waals surface area contributed by atoms with Crippen LogP contribution in [0.25, 0.3) is 0 Å². The Kier molecular flexibility index (Phi) is 5.07. The van der Waals surface area contributed by atoms with Crippen molar-refractivity contribution in [1.29, 1.82) is 5.26 Å². The summed E-state index contributed by atoms with van der Waals surface area (Å²) in [5, 5.41) is 14.1. The van der Waals surface area contributed by atoms with Crippen LogP contribution in [0.1, 0.15) is 51.5 Å². The summed E-state index contributed by atoms with van der Waals surface area (Å²) >= 11 is 0. The lowest BCUT2D eigenvalue weighted by atomic mass is 10.0. The van der Waals surface area contributed by atoms with Gasteiger partial charge in [-0.2, -0.15) is 10.4 Å². The number of ether oxygens (including phenoxy) is 1. The Balaban J connectivity index is 1.92. The van der Waals surface area contributed by atoms with Crippen LogP contribution in [-0.2, 0) is 20.0 Å². The number of anilines is 1. The average molecular weight is 420 g/mol. The van der Waals surface area contributed by atoms with E-state index in [-0.39, 0.29) is 18.3 Å². The van der Waals surface area contributed by atoms with Crippen molar-refractivity contribution in [2.45, 2.75) is 26.0 Å². The molecule has 3 aromatic rings. The molecule has 0 unspecified atom stereocenters. The van der Waals surface area contributed by atoms with Crippen molar-refractivity contribution < 1.29 is 13.9 Å². The molecule has 158 valence electrons. The van der Waals surface area contributed by atoms with E-state index >= 15 is 0 Å². The Morgan fingerprint density at radius 2 is 2.10 bits per heavy atom. The summed E-state index contributed by atoms with van der Waals surface area (Å²) in [6, 6.07) is 7.91. The topological polar surface area (TPSA) is 110 Å². The molecular formula is C22H21FN6O2. The highest BCUT2D eigenvalue weighted by Crippen LogP contribution is 2.31. The molecule has 1 aromatic carbocycles. The minimum atomic E-state index is -0.653. The molecule has 31 heavy (non-hydrogen) atoms. The number of aromatic nitrogens is 3. The van der Waals surface area contributed by atoms with E-state index in [0.29, 0.717) is 40.2 Å². The lowest BCUT2D eigenvalue weighted by molar-refractivity contribution is 0.0778. The van der Waals surface area contributed by atoms with E-state index in [0.717, 1.165) is 5.56 Å². The van der Waals surface area contributed by atoms with Gasteiger partial charge in [-0.05, 0) is 36.8 Å². The number of nitrogens with two attached hydrogens (primary N) is 1. The van der Waals surface area contributed by atoms with Crippen LogP contribution < -0.4 is 10.5 Å². The molecule has 0 spiro atoms. The second-order valence-electron chi connectivity index (χ2n) is 7.57. The van der Waals surface area contributed by atoms with Crippen LogP contribution in [0.3, 0.4) is 0 Å². The Labute approximate surface area is 178 Å². The van der Waals surface area contributed by atoms with E-state index in [1.807, 2.05) is 0 Å². The zero-order chi connectivity index (χ0) is 22.3. The van der Waals surface area contributed by atoms with E-state index in [1.54, 1.807) is 33.3 Å². The molecule has 1 amide bonds. The summed E-state index contributed by atoms with van der Waals surface area (Å²) in [6.07, 6.45) is 1.33. The van der Waals surface area contributed by atoms with Gasteiger partial charge in [0.15, 0.2) is 11.6 Å². The number of nitrogen functional groups attached to an aromatic ring is 1. The minimum absolute atomic E-state index is 0.179. The predicted molar refractivity (Wildman–Crippen MR) is 111 cm³/mol. The van der Waals surface area contributed by atoms with Crippen LogP contribution in [0.15, 0.2) is 30.5 Å². The number of hydrogen-bond donors (Lipinski definition) is 1. The van der Waals surface area contributed by atoms with E-state index in [4.69, 9.17) is 10.5 Å². The molecule has 2 N–H and O–H groups in total. The van der Waals surface area contributed by atoms with Crippen molar-refractivity contribution in [3.05, 3.63) is 69.9 Å². The summed E-state index contributed by atoms with van der Waals surface area (Å²) < 4.78 is 21.5. The van der Waals surface area contributed by atoms with Crippen molar-refractivity contribution in [2.24, 2.45) is 7.05 Å². The Morgan fingerprint density at radius 1 is 1.32 bits per heavy atom. The van der Waals surface area contributed by atoms with E-state index in [1.165, 1.54) is 27.8 Å². The third-order valence-corrected chi connectivity index (χ3v) is 5.37. The van der Waals surface area contributed by atoms with Gasteiger partial charge in [-0.1, -0.05) is 0 Å². The average Bonchev–Trinajstić information content (AvgIpc) is 3.02. The van der Waals surface area contributed by atoms with Crippen molar-refractivity contribution in [3.63, 3.8) is 0 Å². The molecule has 2 bridgehead atoms. The highest BCUT2D eigenvalue weighted by atomic mass is 19.1. The third kappa shape index (κ3) is 3.68. The van der Waals surface area contributed by atoms with Gasteiger partial charge in [0.2, 0.25) is 0 Å². The highest BCUT2D eigenvalue weighted by Gasteiger charge is 2.25. The van der Waals surface area contributed by atoms with Crippen LogP contribution in [0.2, 0.25) is 0 Å². The molecule has 0 fully saturated rings. The maximum atomic E-state index is 14.0. The molecule has 0 saturated carbocycles. The SMILES string of the molecule is C[C@H]1Oc2cc(cnc2N)Cc2c(nn(C)c2C#N)CN(C)C(=O)c2ccc(F)cc21. The van der Waals surface area contributed by atoms with Crippen LogP contribution in [0.5, 0.6) is 5.75 Å². The predicted octanol–water partition coefficient (Wildman–Crippen LogP) is 2.72. The highest BCUT2D eigenvalue weighted by molar-refractivity contribution is 5.95. The number of fused-ring (bicyclic) bond motifs is 4. The number of carbonyl (C=O) groups is 1. The fourth-order valence-corrected chi connectivity index (χ4v) is 3.79. The van der Waals surface area contributed by atoms with E-state index < -0.39 is 11.9 Å². The lowest BCUT2D eigenvalue weighted by Gasteiger charge is -2.22. The molecule has 0 saturated heterocycles. The zero-order valence-corrected chi connectivity index (χ0v) is 17.4. The quantitative estimate of drug-likeness (QED) is 0.599. The van der Waals surface area contributed by atoms with E-state index in [9.17, 15) is 14.4 Å². The normalized spacial score (nSPS) is 16.2. The van der Waals surface area contributed by atoms with Gasteiger partial charge in [0.1, 0.15) is 23.7 Å². The zero-order valence-electron chi connectivity index (χ0n) is 17.4. The van der Waals surface area contributed by atoms with Gasteiger partial charge in [-0.15, -0.1) is 0 Å². The number of halogens is 1. The Bertz CT molecular complexity index is 1230. The number of amides is 1. The largest absolute Gasteiger partial charge is 0.482 e. The summed E-state index contributed by atoms with van der Waals surface area (Å²) in [6.45, 7) is 1.91. The molecule has 3 heterocycles. The molecule has 2 aromatic heterocycles. The number of nitrogens with zero attached hydrogens (tertiary/aromatic N) is 5. The van der Waals surface area contributed by atoms with Gasteiger partial charge in [0.05, 0.1) is 12.2 Å². The van der Waals surface area contributed by atoms with Gasteiger partial charge in [0.25, 0.3) is 5.91 Å². The molecular weight excluding hydrogens is 399 g/mol. The number of nitriles is 1. The van der Waals surface area contributed by atoms with Gasteiger partial charge >= 0.3 is 0 Å². The van der Waals surface area contributed by atoms with Gasteiger partial charge < -0.3 is 15.4 Å². The smallest absolute Gasteiger partial charge is 0.254 e. The maximum Gasteiger partial charge on any atom is 0.254 e. The number of aryl methyl sites for hydroxylation is 1. The first-order valence-corrected chi connectivity index (χ1v) is 9.69. The van der Waals surface area contributed by atoms with Crippen molar-refractivity contribution in [3.8, 4) is 11.8 Å². The standard InChI is InChI=1S/C22H21FN6O2/c1-12-16-8-14(23)4-5-15(16)22(30)28(2)11-18-17(19(9-24)29(3)27-18)6-13-7-20(31-12)21(25)26-10-13/h4-5,7-8,10,12H,6,11H2,1-3H3,(H2,25,26)/t12-/m1/s1. The van der Waals surface area contributed by atoms with Crippen molar-refractivity contribution in [1.82, 2.24) is 19.7 Å². The summed E-state index contributed by atoms with van der Waals surface area (Å²) in [5.74, 6) is -0.278. The first kappa shape index (κ1) is 20.3. The maximum absolute atomic E-state index is 14.0. The molecule has 1 aliphatic rings. The van der Waals surface area contributed by atoms with Crippen LogP contribution in [-0.4, -0.2) is 32.6 Å². The van der Waals surface area contributed by atoms with Crippen LogP contribution >= 0.6 is 0 Å². The Hall–Kier alpha value is -3.93. The number of carbonyl (C=O) groups excluding carboxylic acids is 1. The Morgan fingerprint density at radius 3 is 2.84 bits per heavy atom. The number of pyridine rings is 1. The lowest BCUT2D eigenvalue weighted by Crippen LogP contribution is -2.28. The van der Waals surface area contributed by atoms with Crippen LogP contribution in [0, 0.1) is 17.1 Å². The molecule has 4 rings (SSSR count). The molecule has 1 aliphatic heterocycles. The summed E-state index contributed by atoms with van der Waals surface area (Å²) in [4.78, 5) is 18.9. The summed E-state index contributed by atoms with van der Waals surface area (Å²) in [7, 11) is 3.33. The monoisotopic (exact) mass is 420 g/mol. The third-order valence-electron chi connectivity index (χ3n) is 5.37. The second-order valence-corrected chi connectivity index (χ2v) is 7.57. The molecule has 9 heteroatoms. The van der Waals surface area contributed by atoms with Gasteiger partial charge in [0, 0.05) is 43.4 Å². The number of hydrogen-bond acceptors (Lipinski definition) is 6. The fourth-order valence-electron chi connectivity index (χ4n) is 3.79. The molecule has 1 atom stereocenters. The first-order chi connectivity index (χ1) is 14.8. The van der Waals surface area contributed by atoms with Crippen LogP contribution in [0.4, 0.5) is 10.2 Å². The van der Waals surface area contributed by atoms with E-state index in [2.05, 4.69) is 16.2 Å². The van der Waals surface area contributed by atoms with Crippen molar-refractivity contribution >= 4 is 11.7 Å². The van der Waals surface area contributed by atoms with Gasteiger partial charge in [-0.3, -0.25) is 9.48 Å².